The van der Waals surface area contributed by atoms with Crippen LogP contribution in [0.25, 0.3) is 0 Å². The molecule has 0 radical (unpaired) electrons. The number of aliphatic hydroxyl groups excluding tert-OH is 5. The highest BCUT2D eigenvalue weighted by molar-refractivity contribution is 7.47. The highest BCUT2D eigenvalue weighted by Gasteiger charge is 2.51. The average molecular weight is 919 g/mol. The van der Waals surface area contributed by atoms with E-state index in [1.165, 1.54) is 135 Å². The van der Waals surface area contributed by atoms with Gasteiger partial charge in [-0.05, 0) is 44.9 Å². The first-order chi connectivity index (χ1) is 30.5. The number of aliphatic hydroxyl groups is 5. The average Bonchev–Trinajstić information content (AvgIpc) is 3.27. The first-order valence-corrected chi connectivity index (χ1v) is 27.2. The molecule has 372 valence electrons. The zero-order valence-electron chi connectivity index (χ0n) is 39.9. The third-order valence-corrected chi connectivity index (χ3v) is 13.1. The maximum absolute atomic E-state index is 12.8. The van der Waals surface area contributed by atoms with Gasteiger partial charge in [-0.3, -0.25) is 13.8 Å². The molecule has 0 bridgehead atoms. The number of phosphoric acid groups is 1. The second-order valence-electron chi connectivity index (χ2n) is 18.0. The number of esters is 1. The molecule has 0 heterocycles. The molecule has 1 aliphatic carbocycles. The van der Waals surface area contributed by atoms with E-state index in [0.717, 1.165) is 64.2 Å². The van der Waals surface area contributed by atoms with Crippen LogP contribution in [0.3, 0.4) is 0 Å². The molecule has 12 nitrogen and oxygen atoms in total. The first-order valence-electron chi connectivity index (χ1n) is 25.7. The maximum Gasteiger partial charge on any atom is 0.472 e. The first kappa shape index (κ1) is 59.8. The maximum atomic E-state index is 12.8. The molecular weight excluding hydrogens is 824 g/mol. The number of unbranched alkanes of at least 4 members (excludes halogenated alkanes) is 28. The molecule has 6 atom stereocenters. The van der Waals surface area contributed by atoms with Crippen LogP contribution in [0.1, 0.15) is 226 Å². The molecule has 1 rings (SSSR count). The van der Waals surface area contributed by atoms with Gasteiger partial charge in [-0.15, -0.1) is 0 Å². The summed E-state index contributed by atoms with van der Waals surface area (Å²) in [5.74, 6) is -0.487. The molecule has 0 aromatic carbocycles. The van der Waals surface area contributed by atoms with E-state index in [4.69, 9.17) is 18.5 Å². The third kappa shape index (κ3) is 33.0. The van der Waals surface area contributed by atoms with Crippen molar-refractivity contribution in [1.82, 2.24) is 0 Å². The highest BCUT2D eigenvalue weighted by Crippen LogP contribution is 2.47. The summed E-state index contributed by atoms with van der Waals surface area (Å²) in [4.78, 5) is 23.2. The van der Waals surface area contributed by atoms with E-state index >= 15 is 0 Å². The monoisotopic (exact) mass is 919 g/mol. The summed E-state index contributed by atoms with van der Waals surface area (Å²) < 4.78 is 34.3. The zero-order chi connectivity index (χ0) is 46.2. The van der Waals surface area contributed by atoms with Crippen LogP contribution >= 0.6 is 7.82 Å². The van der Waals surface area contributed by atoms with Gasteiger partial charge in [0.05, 0.1) is 13.2 Å². The largest absolute Gasteiger partial charge is 0.472 e. The fourth-order valence-corrected chi connectivity index (χ4v) is 8.95. The van der Waals surface area contributed by atoms with Crippen LogP contribution in [-0.4, -0.2) is 98.9 Å². The molecule has 0 amide bonds. The quantitative estimate of drug-likeness (QED) is 0.0147. The molecule has 6 unspecified atom stereocenters. The molecule has 0 aromatic heterocycles. The van der Waals surface area contributed by atoms with Crippen molar-refractivity contribution in [1.29, 1.82) is 0 Å². The SMILES string of the molecule is CCCCC/C=C\C/C=C\CCCCCCCC(=O)OC(COCCCCCCCCCCCCCCCCCCCCCCC)COP(=O)(O)OC1C(O)C(O)C(O)C(O)C1O. The normalized spacial score (nSPS) is 22.0. The predicted molar refractivity (Wildman–Crippen MR) is 253 cm³/mol. The molecule has 1 saturated carbocycles. The van der Waals surface area contributed by atoms with Crippen LogP contribution in [0, 0.1) is 0 Å². The van der Waals surface area contributed by atoms with Gasteiger partial charge in [-0.2, -0.15) is 0 Å². The second kappa shape index (κ2) is 41.0. The molecule has 0 saturated heterocycles. The summed E-state index contributed by atoms with van der Waals surface area (Å²) in [6, 6.07) is 0. The van der Waals surface area contributed by atoms with Gasteiger partial charge in [-0.25, -0.2) is 4.57 Å². The van der Waals surface area contributed by atoms with Crippen molar-refractivity contribution in [3.63, 3.8) is 0 Å². The molecule has 0 spiro atoms. The summed E-state index contributed by atoms with van der Waals surface area (Å²) in [7, 11) is -5.02. The predicted octanol–water partition coefficient (Wildman–Crippen LogP) is 11.3. The number of allylic oxidation sites excluding steroid dienone is 4. The Bertz CT molecular complexity index is 1140. The Morgan fingerprint density at radius 2 is 0.889 bits per heavy atom. The zero-order valence-corrected chi connectivity index (χ0v) is 40.8. The van der Waals surface area contributed by atoms with E-state index in [9.17, 15) is 39.8 Å². The third-order valence-electron chi connectivity index (χ3n) is 12.1. The number of ether oxygens (including phenoxy) is 2. The summed E-state index contributed by atoms with van der Waals surface area (Å²) in [5, 5.41) is 50.3. The van der Waals surface area contributed by atoms with Crippen molar-refractivity contribution in [3.05, 3.63) is 24.3 Å². The molecule has 63 heavy (non-hydrogen) atoms. The summed E-state index contributed by atoms with van der Waals surface area (Å²) >= 11 is 0. The number of rotatable bonds is 44. The van der Waals surface area contributed by atoms with Crippen LogP contribution in [0.5, 0.6) is 0 Å². The Balaban J connectivity index is 2.32. The van der Waals surface area contributed by atoms with Gasteiger partial charge in [0.15, 0.2) is 0 Å². The van der Waals surface area contributed by atoms with Crippen molar-refractivity contribution in [2.45, 2.75) is 268 Å². The molecule has 1 aliphatic rings. The fourth-order valence-electron chi connectivity index (χ4n) is 7.98. The van der Waals surface area contributed by atoms with Crippen molar-refractivity contribution < 1.29 is 58.3 Å². The Kier molecular flexibility index (Phi) is 39.0. The van der Waals surface area contributed by atoms with E-state index < -0.39 is 63.1 Å². The Labute approximate surface area is 383 Å². The molecule has 0 aromatic rings. The Hall–Kier alpha value is -1.18. The van der Waals surface area contributed by atoms with Crippen molar-refractivity contribution in [3.8, 4) is 0 Å². The molecule has 6 N–H and O–H groups in total. The molecule has 1 fully saturated rings. The number of carbonyl (C=O) groups is 1. The lowest BCUT2D eigenvalue weighted by molar-refractivity contribution is -0.220. The summed E-state index contributed by atoms with van der Waals surface area (Å²) in [6.07, 6.45) is 35.3. The van der Waals surface area contributed by atoms with Gasteiger partial charge in [-0.1, -0.05) is 199 Å². The summed E-state index contributed by atoms with van der Waals surface area (Å²) in [6.45, 7) is 4.25. The van der Waals surface area contributed by atoms with Crippen molar-refractivity contribution >= 4 is 13.8 Å². The highest BCUT2D eigenvalue weighted by atomic mass is 31.2. The standard InChI is InChI=1S/C50H95O12P/c1-3-5-7-9-11-13-15-17-19-20-21-22-23-24-26-28-30-32-34-36-38-40-59-41-43(42-60-63(57,58)62-50-48(55)46(53)45(52)47(54)49(50)56)61-44(51)39-37-35-33-31-29-27-25-18-16-14-12-10-8-6-4-2/h12,14,18,25,43,45-50,52-56H,3-11,13,15-17,19-24,26-42H2,1-2H3,(H,57,58)/b14-12-,25-18-. The van der Waals surface area contributed by atoms with Gasteiger partial charge in [0.25, 0.3) is 0 Å². The van der Waals surface area contributed by atoms with E-state index in [1.54, 1.807) is 0 Å². The number of hydrogen-bond donors (Lipinski definition) is 6. The lowest BCUT2D eigenvalue weighted by atomic mass is 9.85. The van der Waals surface area contributed by atoms with E-state index in [0.29, 0.717) is 13.0 Å². The van der Waals surface area contributed by atoms with Gasteiger partial charge in [0.2, 0.25) is 0 Å². The van der Waals surface area contributed by atoms with Crippen molar-refractivity contribution in [2.75, 3.05) is 19.8 Å². The topological polar surface area (TPSA) is 192 Å². The Morgan fingerprint density at radius 3 is 1.37 bits per heavy atom. The number of hydrogen-bond acceptors (Lipinski definition) is 11. The number of phosphoric ester groups is 1. The summed E-state index contributed by atoms with van der Waals surface area (Å²) in [5.41, 5.74) is 0. The molecular formula is C50H95O12P. The minimum Gasteiger partial charge on any atom is -0.457 e. The van der Waals surface area contributed by atoms with Crippen LogP contribution in [0.2, 0.25) is 0 Å². The van der Waals surface area contributed by atoms with Gasteiger partial charge < -0.3 is 39.9 Å². The van der Waals surface area contributed by atoms with Crippen LogP contribution in [-0.2, 0) is 27.9 Å². The van der Waals surface area contributed by atoms with E-state index in [1.807, 2.05) is 0 Å². The minimum atomic E-state index is -5.02. The Morgan fingerprint density at radius 1 is 0.508 bits per heavy atom. The van der Waals surface area contributed by atoms with Crippen LogP contribution in [0.4, 0.5) is 0 Å². The van der Waals surface area contributed by atoms with Crippen LogP contribution < -0.4 is 0 Å². The second-order valence-corrected chi connectivity index (χ2v) is 19.4. The molecule has 0 aliphatic heterocycles. The van der Waals surface area contributed by atoms with E-state index in [2.05, 4.69) is 38.2 Å². The molecule has 13 heteroatoms. The minimum absolute atomic E-state index is 0.0780. The smallest absolute Gasteiger partial charge is 0.457 e. The van der Waals surface area contributed by atoms with Gasteiger partial charge in [0.1, 0.15) is 42.7 Å². The lowest BCUT2D eigenvalue weighted by Gasteiger charge is -2.41. The van der Waals surface area contributed by atoms with Gasteiger partial charge >= 0.3 is 13.8 Å². The lowest BCUT2D eigenvalue weighted by Crippen LogP contribution is -2.64. The number of carbonyl (C=O) groups excluding carboxylic acids is 1. The van der Waals surface area contributed by atoms with E-state index in [-0.39, 0.29) is 13.0 Å². The fraction of sp³-hybridized carbons (Fsp3) is 0.900. The van der Waals surface area contributed by atoms with Crippen LogP contribution in [0.15, 0.2) is 24.3 Å². The van der Waals surface area contributed by atoms with Crippen molar-refractivity contribution in [2.24, 2.45) is 0 Å². The van der Waals surface area contributed by atoms with Gasteiger partial charge in [0, 0.05) is 13.0 Å².